The van der Waals surface area contributed by atoms with Gasteiger partial charge >= 0.3 is 0 Å². The Bertz CT molecular complexity index is 188. The van der Waals surface area contributed by atoms with Gasteiger partial charge in [-0.05, 0) is 35.5 Å². The van der Waals surface area contributed by atoms with Crippen LogP contribution in [0.4, 0.5) is 0 Å². The molecule has 0 heteroatoms. The summed E-state index contributed by atoms with van der Waals surface area (Å²) in [4.78, 5) is 0. The molecule has 0 radical (unpaired) electrons. The monoisotopic (exact) mass is 210 g/mol. The molecular weight excluding hydrogens is 180 g/mol. The summed E-state index contributed by atoms with van der Waals surface area (Å²) in [6.07, 6.45) is 3.34. The minimum Gasteiger partial charge on any atom is -0.103 e. The summed E-state index contributed by atoms with van der Waals surface area (Å²) in [6.45, 7) is 20.5. The second-order valence-corrected chi connectivity index (χ2v) is 5.96. The largest absolute Gasteiger partial charge is 0.103 e. The molecule has 0 rings (SSSR count). The molecular formula is C15H30. The van der Waals surface area contributed by atoms with E-state index < -0.39 is 0 Å². The fourth-order valence-electron chi connectivity index (χ4n) is 2.59. The van der Waals surface area contributed by atoms with Crippen molar-refractivity contribution in [3.8, 4) is 0 Å². The van der Waals surface area contributed by atoms with Crippen LogP contribution in [0.15, 0.2) is 12.7 Å². The number of rotatable bonds is 6. The van der Waals surface area contributed by atoms with E-state index >= 15 is 0 Å². The lowest BCUT2D eigenvalue weighted by atomic mass is 9.63. The van der Waals surface area contributed by atoms with Crippen molar-refractivity contribution in [1.82, 2.24) is 0 Å². The molecule has 0 fully saturated rings. The smallest absolute Gasteiger partial charge is 0.0185 e. The van der Waals surface area contributed by atoms with Gasteiger partial charge in [-0.1, -0.05) is 54.5 Å². The molecule has 0 aliphatic rings. The first-order chi connectivity index (χ1) is 6.78. The van der Waals surface area contributed by atoms with Crippen molar-refractivity contribution in [3.05, 3.63) is 12.7 Å². The second-order valence-electron chi connectivity index (χ2n) is 5.96. The van der Waals surface area contributed by atoms with Crippen molar-refractivity contribution < 1.29 is 0 Å². The van der Waals surface area contributed by atoms with Crippen LogP contribution in [0.2, 0.25) is 0 Å². The molecule has 0 aliphatic heterocycles. The first kappa shape index (κ1) is 14.7. The zero-order chi connectivity index (χ0) is 12.2. The molecule has 3 unspecified atom stereocenters. The molecule has 0 aromatic heterocycles. The predicted octanol–water partition coefficient (Wildman–Crippen LogP) is 5.15. The highest BCUT2D eigenvalue weighted by atomic mass is 14.4. The van der Waals surface area contributed by atoms with Crippen LogP contribution in [0, 0.1) is 29.1 Å². The Hall–Kier alpha value is -0.260. The molecule has 0 N–H and O–H groups in total. The van der Waals surface area contributed by atoms with Crippen LogP contribution in [-0.4, -0.2) is 0 Å². The first-order valence-electron chi connectivity index (χ1n) is 6.41. The fourth-order valence-corrected chi connectivity index (χ4v) is 2.59. The van der Waals surface area contributed by atoms with Crippen molar-refractivity contribution in [2.75, 3.05) is 0 Å². The molecule has 3 atom stereocenters. The van der Waals surface area contributed by atoms with E-state index in [1.807, 2.05) is 0 Å². The molecule has 0 aliphatic carbocycles. The zero-order valence-electron chi connectivity index (χ0n) is 11.8. The minimum atomic E-state index is 0.361. The summed E-state index contributed by atoms with van der Waals surface area (Å²) in [5.74, 6) is 2.91. The van der Waals surface area contributed by atoms with Crippen LogP contribution in [0.25, 0.3) is 0 Å². The van der Waals surface area contributed by atoms with E-state index in [2.05, 4.69) is 61.1 Å². The normalized spacial score (nSPS) is 18.7. The fraction of sp³-hybridized carbons (Fsp3) is 0.867. The third kappa shape index (κ3) is 3.36. The maximum atomic E-state index is 3.98. The summed E-state index contributed by atoms with van der Waals surface area (Å²) in [7, 11) is 0. The number of allylic oxidation sites excluding steroid dienone is 1. The Labute approximate surface area is 97.2 Å². The minimum absolute atomic E-state index is 0.361. The van der Waals surface area contributed by atoms with Crippen molar-refractivity contribution in [1.29, 1.82) is 0 Å². The lowest BCUT2D eigenvalue weighted by molar-refractivity contribution is 0.0877. The summed E-state index contributed by atoms with van der Waals surface area (Å²) in [6, 6.07) is 0. The first-order valence-corrected chi connectivity index (χ1v) is 6.41. The molecule has 0 bridgehead atoms. The molecule has 90 valence electrons. The highest BCUT2D eigenvalue weighted by Crippen LogP contribution is 2.43. The highest BCUT2D eigenvalue weighted by Gasteiger charge is 2.35. The topological polar surface area (TPSA) is 0 Å². The van der Waals surface area contributed by atoms with Crippen LogP contribution in [0.5, 0.6) is 0 Å². The van der Waals surface area contributed by atoms with E-state index in [0.717, 1.165) is 17.8 Å². The van der Waals surface area contributed by atoms with Gasteiger partial charge in [0.1, 0.15) is 0 Å². The van der Waals surface area contributed by atoms with Gasteiger partial charge in [0.2, 0.25) is 0 Å². The van der Waals surface area contributed by atoms with Crippen LogP contribution >= 0.6 is 0 Å². The highest BCUT2D eigenvalue weighted by molar-refractivity contribution is 4.93. The van der Waals surface area contributed by atoms with Crippen molar-refractivity contribution >= 4 is 0 Å². The van der Waals surface area contributed by atoms with Gasteiger partial charge in [-0.3, -0.25) is 0 Å². The van der Waals surface area contributed by atoms with Crippen molar-refractivity contribution in [2.24, 2.45) is 29.1 Å². The molecule has 0 saturated carbocycles. The van der Waals surface area contributed by atoms with Crippen LogP contribution in [0.1, 0.15) is 54.9 Å². The van der Waals surface area contributed by atoms with Crippen LogP contribution < -0.4 is 0 Å². The summed E-state index contributed by atoms with van der Waals surface area (Å²) < 4.78 is 0. The average Bonchev–Trinajstić information content (AvgIpc) is 2.16. The second kappa shape index (κ2) is 5.72. The van der Waals surface area contributed by atoms with Gasteiger partial charge in [0.05, 0.1) is 0 Å². The zero-order valence-corrected chi connectivity index (χ0v) is 11.8. The lowest BCUT2D eigenvalue weighted by Crippen LogP contribution is -2.35. The van der Waals surface area contributed by atoms with Crippen LogP contribution in [-0.2, 0) is 0 Å². The SMILES string of the molecule is C=CC(CC)C(C)(C)C(C)C(C)C(C)C. The standard InChI is InChI=1S/C15H30/c1-9-14(10-2)15(7,8)13(6)12(5)11(3)4/h9,11-14H,1,10H2,2-8H3. The van der Waals surface area contributed by atoms with Crippen molar-refractivity contribution in [3.63, 3.8) is 0 Å². The molecule has 0 saturated heterocycles. The van der Waals surface area contributed by atoms with E-state index in [1.165, 1.54) is 6.42 Å². The lowest BCUT2D eigenvalue weighted by Gasteiger charge is -2.42. The van der Waals surface area contributed by atoms with Gasteiger partial charge < -0.3 is 0 Å². The Kier molecular flexibility index (Phi) is 5.62. The molecule has 0 heterocycles. The third-order valence-corrected chi connectivity index (χ3v) is 4.69. The van der Waals surface area contributed by atoms with Gasteiger partial charge in [0.25, 0.3) is 0 Å². The van der Waals surface area contributed by atoms with Crippen molar-refractivity contribution in [2.45, 2.75) is 54.9 Å². The van der Waals surface area contributed by atoms with E-state index in [0.29, 0.717) is 11.3 Å². The van der Waals surface area contributed by atoms with Gasteiger partial charge in [0, 0.05) is 0 Å². The van der Waals surface area contributed by atoms with E-state index in [9.17, 15) is 0 Å². The van der Waals surface area contributed by atoms with Gasteiger partial charge in [-0.25, -0.2) is 0 Å². The summed E-state index contributed by atoms with van der Waals surface area (Å²) in [5, 5.41) is 0. The number of hydrogen-bond acceptors (Lipinski definition) is 0. The summed E-state index contributed by atoms with van der Waals surface area (Å²) in [5.41, 5.74) is 0.361. The van der Waals surface area contributed by atoms with Crippen LogP contribution in [0.3, 0.4) is 0 Å². The van der Waals surface area contributed by atoms with Gasteiger partial charge in [-0.15, -0.1) is 6.58 Å². The van der Waals surface area contributed by atoms with Gasteiger partial charge in [-0.2, -0.15) is 0 Å². The number of hydrogen-bond donors (Lipinski definition) is 0. The predicted molar refractivity (Wildman–Crippen MR) is 70.9 cm³/mol. The van der Waals surface area contributed by atoms with E-state index in [1.54, 1.807) is 0 Å². The molecule has 0 aromatic rings. The third-order valence-electron chi connectivity index (χ3n) is 4.69. The molecule has 0 spiro atoms. The Morgan fingerprint density at radius 2 is 1.60 bits per heavy atom. The Balaban J connectivity index is 4.76. The van der Waals surface area contributed by atoms with E-state index in [-0.39, 0.29) is 0 Å². The summed E-state index contributed by atoms with van der Waals surface area (Å²) >= 11 is 0. The average molecular weight is 210 g/mol. The molecule has 0 aromatic carbocycles. The quantitative estimate of drug-likeness (QED) is 0.532. The molecule has 0 nitrogen and oxygen atoms in total. The van der Waals surface area contributed by atoms with E-state index in [4.69, 9.17) is 0 Å². The maximum absolute atomic E-state index is 3.98. The Morgan fingerprint density at radius 3 is 1.87 bits per heavy atom. The maximum Gasteiger partial charge on any atom is -0.0185 e. The Morgan fingerprint density at radius 1 is 1.13 bits per heavy atom. The molecule has 0 amide bonds. The van der Waals surface area contributed by atoms with Gasteiger partial charge in [0.15, 0.2) is 0 Å². The molecule has 15 heavy (non-hydrogen) atoms.